The normalized spacial score (nSPS) is 15.7. The number of aromatic nitrogens is 1. The van der Waals surface area contributed by atoms with Gasteiger partial charge in [-0.15, -0.1) is 0 Å². The Morgan fingerprint density at radius 3 is 2.56 bits per heavy atom. The van der Waals surface area contributed by atoms with Gasteiger partial charge < -0.3 is 20.3 Å². The summed E-state index contributed by atoms with van der Waals surface area (Å²) < 4.78 is 5.62. The summed E-state index contributed by atoms with van der Waals surface area (Å²) in [6.07, 6.45) is 8.30. The van der Waals surface area contributed by atoms with Crippen molar-refractivity contribution in [3.05, 3.63) is 23.9 Å². The monoisotopic (exact) mass is 375 g/mol. The van der Waals surface area contributed by atoms with Crippen molar-refractivity contribution in [1.29, 1.82) is 0 Å². The molecule has 0 atom stereocenters. The van der Waals surface area contributed by atoms with Gasteiger partial charge in [-0.25, -0.2) is 4.98 Å². The molecule has 0 bridgehead atoms. The maximum absolute atomic E-state index is 5.62. The Morgan fingerprint density at radius 2 is 1.93 bits per heavy atom. The third kappa shape index (κ3) is 8.61. The lowest BCUT2D eigenvalue weighted by Gasteiger charge is -2.21. The fourth-order valence-electron chi connectivity index (χ4n) is 3.08. The number of rotatable bonds is 9. The van der Waals surface area contributed by atoms with E-state index in [0.717, 1.165) is 50.0 Å². The highest BCUT2D eigenvalue weighted by Crippen LogP contribution is 2.17. The zero-order chi connectivity index (χ0) is 19.3. The second-order valence-corrected chi connectivity index (χ2v) is 7.57. The van der Waals surface area contributed by atoms with Crippen molar-refractivity contribution in [3.8, 4) is 0 Å². The third-order valence-corrected chi connectivity index (χ3v) is 4.80. The van der Waals surface area contributed by atoms with Crippen LogP contribution in [0.25, 0.3) is 0 Å². The second-order valence-electron chi connectivity index (χ2n) is 7.57. The highest BCUT2D eigenvalue weighted by atomic mass is 16.5. The van der Waals surface area contributed by atoms with Crippen molar-refractivity contribution in [2.45, 2.75) is 52.5 Å². The lowest BCUT2D eigenvalue weighted by Crippen LogP contribution is -2.38. The number of guanidine groups is 1. The van der Waals surface area contributed by atoms with Crippen LogP contribution in [0.1, 0.15) is 51.5 Å². The van der Waals surface area contributed by atoms with E-state index >= 15 is 0 Å². The number of ether oxygens (including phenoxy) is 1. The van der Waals surface area contributed by atoms with Crippen LogP contribution in [0.5, 0.6) is 0 Å². The lowest BCUT2D eigenvalue weighted by molar-refractivity contribution is 0.128. The largest absolute Gasteiger partial charge is 0.380 e. The maximum atomic E-state index is 5.62. The molecule has 0 aromatic carbocycles. The van der Waals surface area contributed by atoms with Crippen LogP contribution in [0, 0.1) is 5.92 Å². The standard InChI is InChI=1S/C21H37N5O/c1-18(2)10-14-27-15-11-23-21(22-3)25-17-19-8-9-20(24-16-19)26-12-6-4-5-7-13-26/h8-9,16,18H,4-7,10-15,17H2,1-3H3,(H2,22,23,25). The molecule has 0 spiro atoms. The van der Waals surface area contributed by atoms with Crippen LogP contribution in [0.15, 0.2) is 23.3 Å². The molecule has 2 rings (SSSR count). The molecular weight excluding hydrogens is 338 g/mol. The van der Waals surface area contributed by atoms with Crippen molar-refractivity contribution < 1.29 is 4.74 Å². The first-order valence-electron chi connectivity index (χ1n) is 10.4. The molecule has 0 amide bonds. The van der Waals surface area contributed by atoms with E-state index in [0.29, 0.717) is 19.1 Å². The fourth-order valence-corrected chi connectivity index (χ4v) is 3.08. The first-order chi connectivity index (χ1) is 13.2. The highest BCUT2D eigenvalue weighted by molar-refractivity contribution is 5.79. The highest BCUT2D eigenvalue weighted by Gasteiger charge is 2.10. The quantitative estimate of drug-likeness (QED) is 0.394. The van der Waals surface area contributed by atoms with E-state index in [1.807, 2.05) is 6.20 Å². The number of nitrogens with one attached hydrogen (secondary N) is 2. The van der Waals surface area contributed by atoms with E-state index in [9.17, 15) is 0 Å². The summed E-state index contributed by atoms with van der Waals surface area (Å²) >= 11 is 0. The molecule has 1 aromatic heterocycles. The van der Waals surface area contributed by atoms with Gasteiger partial charge in [0.25, 0.3) is 0 Å². The van der Waals surface area contributed by atoms with Gasteiger partial charge in [0.2, 0.25) is 0 Å². The molecule has 27 heavy (non-hydrogen) atoms. The molecule has 0 aliphatic carbocycles. The average Bonchev–Trinajstić information content (AvgIpc) is 2.96. The summed E-state index contributed by atoms with van der Waals surface area (Å²) in [6.45, 7) is 9.65. The van der Waals surface area contributed by atoms with Crippen molar-refractivity contribution in [2.24, 2.45) is 10.9 Å². The summed E-state index contributed by atoms with van der Waals surface area (Å²) in [5, 5.41) is 6.62. The molecule has 152 valence electrons. The Morgan fingerprint density at radius 1 is 1.15 bits per heavy atom. The van der Waals surface area contributed by atoms with E-state index in [-0.39, 0.29) is 0 Å². The summed E-state index contributed by atoms with van der Waals surface area (Å²) in [5.41, 5.74) is 1.16. The lowest BCUT2D eigenvalue weighted by atomic mass is 10.1. The minimum Gasteiger partial charge on any atom is -0.380 e. The van der Waals surface area contributed by atoms with Crippen LogP contribution < -0.4 is 15.5 Å². The van der Waals surface area contributed by atoms with Crippen LogP contribution in [-0.2, 0) is 11.3 Å². The molecule has 1 aromatic rings. The molecule has 1 aliphatic heterocycles. The van der Waals surface area contributed by atoms with Gasteiger partial charge in [-0.05, 0) is 36.8 Å². The molecule has 1 fully saturated rings. The molecule has 0 saturated carbocycles. The van der Waals surface area contributed by atoms with E-state index in [1.165, 1.54) is 25.7 Å². The fraction of sp³-hybridized carbons (Fsp3) is 0.714. The summed E-state index contributed by atoms with van der Waals surface area (Å²) in [6, 6.07) is 4.30. The number of hydrogen-bond donors (Lipinski definition) is 2. The number of anilines is 1. The van der Waals surface area contributed by atoms with E-state index in [1.54, 1.807) is 7.05 Å². The van der Waals surface area contributed by atoms with Crippen LogP contribution in [-0.4, -0.2) is 50.8 Å². The molecule has 6 heteroatoms. The van der Waals surface area contributed by atoms with E-state index in [4.69, 9.17) is 4.74 Å². The Hall–Kier alpha value is -1.82. The zero-order valence-electron chi connectivity index (χ0n) is 17.3. The Kier molecular flexibility index (Phi) is 9.98. The minimum atomic E-state index is 0.687. The number of aliphatic imine (C=N–C) groups is 1. The van der Waals surface area contributed by atoms with Gasteiger partial charge in [-0.1, -0.05) is 32.8 Å². The first kappa shape index (κ1) is 21.5. The minimum absolute atomic E-state index is 0.687. The number of hydrogen-bond acceptors (Lipinski definition) is 4. The smallest absolute Gasteiger partial charge is 0.191 e. The zero-order valence-corrected chi connectivity index (χ0v) is 17.3. The van der Waals surface area contributed by atoms with Crippen LogP contribution >= 0.6 is 0 Å². The van der Waals surface area contributed by atoms with Crippen molar-refractivity contribution in [3.63, 3.8) is 0 Å². The van der Waals surface area contributed by atoms with Gasteiger partial charge in [0, 0.05) is 46.0 Å². The summed E-state index contributed by atoms with van der Waals surface area (Å²) in [4.78, 5) is 11.3. The van der Waals surface area contributed by atoms with Gasteiger partial charge in [-0.2, -0.15) is 0 Å². The predicted molar refractivity (Wildman–Crippen MR) is 113 cm³/mol. The van der Waals surface area contributed by atoms with Crippen molar-refractivity contribution >= 4 is 11.8 Å². The molecule has 1 saturated heterocycles. The molecule has 0 unspecified atom stereocenters. The van der Waals surface area contributed by atoms with Gasteiger partial charge >= 0.3 is 0 Å². The van der Waals surface area contributed by atoms with Crippen molar-refractivity contribution in [2.75, 3.05) is 44.8 Å². The third-order valence-electron chi connectivity index (χ3n) is 4.80. The number of nitrogens with zero attached hydrogens (tertiary/aromatic N) is 3. The van der Waals surface area contributed by atoms with Crippen LogP contribution in [0.4, 0.5) is 5.82 Å². The first-order valence-corrected chi connectivity index (χ1v) is 10.4. The molecule has 2 heterocycles. The van der Waals surface area contributed by atoms with Gasteiger partial charge in [0.1, 0.15) is 5.82 Å². The Balaban J connectivity index is 1.68. The maximum Gasteiger partial charge on any atom is 0.191 e. The topological polar surface area (TPSA) is 61.8 Å². The summed E-state index contributed by atoms with van der Waals surface area (Å²) in [5.74, 6) is 2.58. The van der Waals surface area contributed by atoms with Crippen molar-refractivity contribution in [1.82, 2.24) is 15.6 Å². The average molecular weight is 376 g/mol. The SMILES string of the molecule is CN=C(NCCOCCC(C)C)NCc1ccc(N2CCCCCC2)nc1. The molecule has 2 N–H and O–H groups in total. The Bertz CT molecular complexity index is 536. The predicted octanol–water partition coefficient (Wildman–Crippen LogP) is 3.19. The van der Waals surface area contributed by atoms with E-state index in [2.05, 4.69) is 51.5 Å². The van der Waals surface area contributed by atoms with Gasteiger partial charge in [-0.3, -0.25) is 4.99 Å². The number of pyridine rings is 1. The summed E-state index contributed by atoms with van der Waals surface area (Å²) in [7, 11) is 1.79. The van der Waals surface area contributed by atoms with Gasteiger partial charge in [0.15, 0.2) is 5.96 Å². The molecule has 1 aliphatic rings. The molecular formula is C21H37N5O. The molecule has 0 radical (unpaired) electrons. The second kappa shape index (κ2) is 12.5. The van der Waals surface area contributed by atoms with Crippen LogP contribution in [0.3, 0.4) is 0 Å². The van der Waals surface area contributed by atoms with Crippen LogP contribution in [0.2, 0.25) is 0 Å². The van der Waals surface area contributed by atoms with Gasteiger partial charge in [0.05, 0.1) is 6.61 Å². The Labute approximate surface area is 164 Å². The van der Waals surface area contributed by atoms with E-state index < -0.39 is 0 Å². The molecule has 6 nitrogen and oxygen atoms in total.